The van der Waals surface area contributed by atoms with Gasteiger partial charge in [0.2, 0.25) is 0 Å². The van der Waals surface area contributed by atoms with Gasteiger partial charge in [0.15, 0.2) is 0 Å². The van der Waals surface area contributed by atoms with Gasteiger partial charge in [-0.1, -0.05) is 0 Å². The maximum atomic E-state index is 2.45. The SMILES string of the molecule is [Li][CH](CCC)c1ccccc1N(CC)CC. The van der Waals surface area contributed by atoms with Gasteiger partial charge in [0.25, 0.3) is 0 Å². The molecule has 1 unspecified atom stereocenters. The third kappa shape index (κ3) is 3.30. The molecule has 1 aromatic rings. The van der Waals surface area contributed by atoms with Crippen LogP contribution in [0.15, 0.2) is 24.3 Å². The summed E-state index contributed by atoms with van der Waals surface area (Å²) in [6.45, 7) is 8.89. The van der Waals surface area contributed by atoms with Crippen molar-refractivity contribution in [1.29, 1.82) is 0 Å². The van der Waals surface area contributed by atoms with Crippen molar-refractivity contribution in [1.82, 2.24) is 0 Å². The van der Waals surface area contributed by atoms with Crippen LogP contribution in [-0.2, 0) is 0 Å². The summed E-state index contributed by atoms with van der Waals surface area (Å²) in [6.07, 6.45) is 2.53. The van der Waals surface area contributed by atoms with E-state index >= 15 is 0 Å². The fourth-order valence-corrected chi connectivity index (χ4v) is 2.35. The number of benzene rings is 1. The average Bonchev–Trinajstić information content (AvgIpc) is 2.31. The summed E-state index contributed by atoms with van der Waals surface area (Å²) < 4.78 is 0.668. The Hall–Kier alpha value is -0.383. The second kappa shape index (κ2) is 7.04. The van der Waals surface area contributed by atoms with Crippen LogP contribution >= 0.6 is 0 Å². The predicted molar refractivity (Wildman–Crippen MR) is 73.4 cm³/mol. The van der Waals surface area contributed by atoms with E-state index in [9.17, 15) is 0 Å². The molecule has 0 spiro atoms. The molecule has 1 aromatic carbocycles. The molecule has 0 saturated heterocycles. The van der Waals surface area contributed by atoms with E-state index in [1.165, 1.54) is 24.1 Å². The number of anilines is 1. The van der Waals surface area contributed by atoms with Crippen LogP contribution in [0.5, 0.6) is 0 Å². The van der Waals surface area contributed by atoms with Crippen molar-refractivity contribution in [3.8, 4) is 0 Å². The van der Waals surface area contributed by atoms with Crippen LogP contribution in [0.3, 0.4) is 0 Å². The third-order valence-electron chi connectivity index (χ3n) is 3.29. The first-order valence-corrected chi connectivity index (χ1v) is 6.58. The molecule has 0 aliphatic heterocycles. The van der Waals surface area contributed by atoms with Crippen molar-refractivity contribution in [2.75, 3.05) is 18.0 Å². The zero-order valence-corrected chi connectivity index (χ0v) is 11.2. The van der Waals surface area contributed by atoms with Gasteiger partial charge in [-0.25, -0.2) is 0 Å². The summed E-state index contributed by atoms with van der Waals surface area (Å²) in [6, 6.07) is 8.85. The molecule has 0 aromatic heterocycles. The number of para-hydroxylation sites is 1. The molecule has 0 radical (unpaired) electrons. The Bertz CT molecular complexity index is 307. The normalized spacial score (nSPS) is 12.6. The Morgan fingerprint density at radius 2 is 1.75 bits per heavy atom. The second-order valence-electron chi connectivity index (χ2n) is 4.42. The molecule has 0 N–H and O–H groups in total. The fraction of sp³-hybridized carbons (Fsp3) is 0.571. The summed E-state index contributed by atoms with van der Waals surface area (Å²) in [5.74, 6) is 0. The Kier molecular flexibility index (Phi) is 6.02. The van der Waals surface area contributed by atoms with E-state index in [1.54, 1.807) is 0 Å². The predicted octanol–water partition coefficient (Wildman–Crippen LogP) is 3.54. The van der Waals surface area contributed by atoms with E-state index in [0.717, 1.165) is 13.1 Å². The van der Waals surface area contributed by atoms with Crippen molar-refractivity contribution < 1.29 is 0 Å². The summed E-state index contributed by atoms with van der Waals surface area (Å²) >= 11 is 2.34. The molecule has 0 amide bonds. The molecule has 84 valence electrons. The number of rotatable bonds is 6. The van der Waals surface area contributed by atoms with Crippen LogP contribution in [-0.4, -0.2) is 30.8 Å². The van der Waals surface area contributed by atoms with Crippen LogP contribution in [0.4, 0.5) is 5.69 Å². The molecule has 2 heteroatoms. The molecular weight excluding hydrogens is 189 g/mol. The van der Waals surface area contributed by atoms with Gasteiger partial charge >= 0.3 is 109 Å². The summed E-state index contributed by atoms with van der Waals surface area (Å²) in [5, 5.41) is 0. The molecule has 0 aliphatic carbocycles. The topological polar surface area (TPSA) is 3.24 Å². The molecule has 1 atom stereocenters. The Labute approximate surface area is 109 Å². The van der Waals surface area contributed by atoms with E-state index < -0.39 is 0 Å². The average molecular weight is 211 g/mol. The second-order valence-corrected chi connectivity index (χ2v) is 4.42. The van der Waals surface area contributed by atoms with Gasteiger partial charge in [0.1, 0.15) is 0 Å². The molecule has 1 rings (SSSR count). The van der Waals surface area contributed by atoms with Crippen molar-refractivity contribution >= 4 is 23.4 Å². The van der Waals surface area contributed by atoms with Crippen molar-refractivity contribution in [3.05, 3.63) is 29.8 Å². The number of nitrogens with zero attached hydrogens (tertiary/aromatic N) is 1. The maximum absolute atomic E-state index is 2.45. The van der Waals surface area contributed by atoms with Gasteiger partial charge in [-0.3, -0.25) is 0 Å². The summed E-state index contributed by atoms with van der Waals surface area (Å²) in [4.78, 5) is 2.45. The molecular formula is C14H22LiN. The molecule has 0 saturated carbocycles. The van der Waals surface area contributed by atoms with Gasteiger partial charge in [0, 0.05) is 0 Å². The van der Waals surface area contributed by atoms with Gasteiger partial charge in [-0.05, 0) is 0 Å². The van der Waals surface area contributed by atoms with Crippen LogP contribution in [0.2, 0.25) is 0 Å². The molecule has 0 fully saturated rings. The van der Waals surface area contributed by atoms with Crippen molar-refractivity contribution in [2.24, 2.45) is 0 Å². The minimum absolute atomic E-state index is 0.668. The van der Waals surface area contributed by atoms with Gasteiger partial charge in [0.05, 0.1) is 0 Å². The Morgan fingerprint density at radius 1 is 1.12 bits per heavy atom. The first-order valence-electron chi connectivity index (χ1n) is 6.58. The zero-order chi connectivity index (χ0) is 12.0. The van der Waals surface area contributed by atoms with E-state index in [0.29, 0.717) is 4.59 Å². The zero-order valence-electron chi connectivity index (χ0n) is 11.2. The molecule has 1 nitrogen and oxygen atoms in total. The van der Waals surface area contributed by atoms with E-state index in [-0.39, 0.29) is 0 Å². The number of hydrogen-bond acceptors (Lipinski definition) is 1. The van der Waals surface area contributed by atoms with Gasteiger partial charge in [-0.2, -0.15) is 0 Å². The first-order chi connectivity index (χ1) is 7.74. The third-order valence-corrected chi connectivity index (χ3v) is 3.29. The van der Waals surface area contributed by atoms with Crippen molar-refractivity contribution in [2.45, 2.75) is 38.2 Å². The minimum atomic E-state index is 0.668. The number of hydrogen-bond donors (Lipinski definition) is 0. The summed E-state index contributed by atoms with van der Waals surface area (Å²) in [5.41, 5.74) is 2.93. The fourth-order valence-electron chi connectivity index (χ4n) is 2.35. The molecule has 0 aliphatic rings. The van der Waals surface area contributed by atoms with Crippen LogP contribution < -0.4 is 4.90 Å². The molecule has 0 heterocycles. The molecule has 16 heavy (non-hydrogen) atoms. The van der Waals surface area contributed by atoms with Crippen LogP contribution in [0, 0.1) is 0 Å². The quantitative estimate of drug-likeness (QED) is 0.650. The standard InChI is InChI=1S/C14H22N.Li/c1-4-7-10-13-11-8-9-12-14(13)15(5-2)6-3;/h8-12H,4-7H2,1-3H3;. The Morgan fingerprint density at radius 3 is 2.31 bits per heavy atom. The first kappa shape index (κ1) is 13.7. The van der Waals surface area contributed by atoms with E-state index in [4.69, 9.17) is 0 Å². The summed E-state index contributed by atoms with van der Waals surface area (Å²) in [7, 11) is 0. The Balaban J connectivity index is 2.98. The molecule has 0 bridgehead atoms. The van der Waals surface area contributed by atoms with Crippen LogP contribution in [0.1, 0.15) is 43.8 Å². The van der Waals surface area contributed by atoms with Gasteiger partial charge < -0.3 is 0 Å². The van der Waals surface area contributed by atoms with E-state index in [1.807, 2.05) is 0 Å². The van der Waals surface area contributed by atoms with Crippen molar-refractivity contribution in [3.63, 3.8) is 0 Å². The monoisotopic (exact) mass is 211 g/mol. The van der Waals surface area contributed by atoms with Crippen LogP contribution in [0.25, 0.3) is 0 Å². The van der Waals surface area contributed by atoms with Gasteiger partial charge in [-0.15, -0.1) is 0 Å². The van der Waals surface area contributed by atoms with E-state index in [2.05, 4.69) is 67.7 Å².